The second-order valence-corrected chi connectivity index (χ2v) is 6.04. The summed E-state index contributed by atoms with van der Waals surface area (Å²) in [6.45, 7) is 10.5. The number of aromatic nitrogens is 2. The standard InChI is InChI=1S/C16H30ClN3/c1-5-13(6-2)16(17)12-18-11-14-9-10-20(19-14)15(7-3)8-4/h9-10,13,15-16,18H,5-8,11-12H2,1-4H3. The van der Waals surface area contributed by atoms with Gasteiger partial charge in [0.2, 0.25) is 0 Å². The second kappa shape index (κ2) is 9.41. The van der Waals surface area contributed by atoms with Gasteiger partial charge in [0.15, 0.2) is 0 Å². The third-order valence-electron chi connectivity index (χ3n) is 4.19. The Kier molecular flexibility index (Phi) is 8.24. The van der Waals surface area contributed by atoms with E-state index in [9.17, 15) is 0 Å². The summed E-state index contributed by atoms with van der Waals surface area (Å²) < 4.78 is 2.09. The highest BCUT2D eigenvalue weighted by atomic mass is 35.5. The second-order valence-electron chi connectivity index (χ2n) is 5.48. The van der Waals surface area contributed by atoms with Gasteiger partial charge in [-0.2, -0.15) is 5.10 Å². The highest BCUT2D eigenvalue weighted by Gasteiger charge is 2.15. The lowest BCUT2D eigenvalue weighted by atomic mass is 9.99. The highest BCUT2D eigenvalue weighted by Crippen LogP contribution is 2.18. The van der Waals surface area contributed by atoms with Crippen molar-refractivity contribution in [2.24, 2.45) is 5.92 Å². The summed E-state index contributed by atoms with van der Waals surface area (Å²) in [5.41, 5.74) is 1.10. The maximum atomic E-state index is 6.43. The van der Waals surface area contributed by atoms with Gasteiger partial charge in [0.25, 0.3) is 0 Å². The van der Waals surface area contributed by atoms with Crippen LogP contribution in [0.4, 0.5) is 0 Å². The molecule has 1 N–H and O–H groups in total. The molecular weight excluding hydrogens is 270 g/mol. The molecule has 3 nitrogen and oxygen atoms in total. The molecule has 0 saturated heterocycles. The largest absolute Gasteiger partial charge is 0.310 e. The fraction of sp³-hybridized carbons (Fsp3) is 0.812. The van der Waals surface area contributed by atoms with Crippen molar-refractivity contribution < 1.29 is 0 Å². The first kappa shape index (κ1) is 17.5. The van der Waals surface area contributed by atoms with Crippen LogP contribution in [-0.4, -0.2) is 21.7 Å². The zero-order valence-electron chi connectivity index (χ0n) is 13.4. The van der Waals surface area contributed by atoms with E-state index < -0.39 is 0 Å². The Bertz CT molecular complexity index is 356. The maximum Gasteiger partial charge on any atom is 0.0762 e. The van der Waals surface area contributed by atoms with Crippen LogP contribution in [0.25, 0.3) is 0 Å². The lowest BCUT2D eigenvalue weighted by Gasteiger charge is -2.19. The van der Waals surface area contributed by atoms with Crippen LogP contribution in [0.1, 0.15) is 65.1 Å². The molecule has 1 aromatic heterocycles. The van der Waals surface area contributed by atoms with Crippen LogP contribution >= 0.6 is 11.6 Å². The Balaban J connectivity index is 2.39. The molecule has 0 radical (unpaired) electrons. The van der Waals surface area contributed by atoms with Gasteiger partial charge < -0.3 is 5.32 Å². The van der Waals surface area contributed by atoms with Gasteiger partial charge in [-0.3, -0.25) is 4.68 Å². The molecule has 1 unspecified atom stereocenters. The third kappa shape index (κ3) is 5.10. The van der Waals surface area contributed by atoms with Gasteiger partial charge in [-0.15, -0.1) is 11.6 Å². The zero-order chi connectivity index (χ0) is 15.0. The summed E-state index contributed by atoms with van der Waals surface area (Å²) in [5, 5.41) is 8.29. The summed E-state index contributed by atoms with van der Waals surface area (Å²) in [6.07, 6.45) is 6.64. The molecular formula is C16H30ClN3. The van der Waals surface area contributed by atoms with E-state index in [0.717, 1.165) is 44.5 Å². The van der Waals surface area contributed by atoms with Crippen molar-refractivity contribution in [3.05, 3.63) is 18.0 Å². The molecule has 20 heavy (non-hydrogen) atoms. The van der Waals surface area contributed by atoms with Crippen LogP contribution in [0, 0.1) is 5.92 Å². The Labute approximate surface area is 129 Å². The van der Waals surface area contributed by atoms with Gasteiger partial charge in [-0.1, -0.05) is 40.5 Å². The quantitative estimate of drug-likeness (QED) is 0.650. The fourth-order valence-corrected chi connectivity index (χ4v) is 3.11. The smallest absolute Gasteiger partial charge is 0.0762 e. The average Bonchev–Trinajstić information content (AvgIpc) is 2.90. The van der Waals surface area contributed by atoms with Crippen LogP contribution in [0.2, 0.25) is 0 Å². The maximum absolute atomic E-state index is 6.43. The van der Waals surface area contributed by atoms with Crippen molar-refractivity contribution in [2.45, 2.75) is 71.3 Å². The van der Waals surface area contributed by atoms with Crippen molar-refractivity contribution in [1.29, 1.82) is 0 Å². The topological polar surface area (TPSA) is 29.9 Å². The van der Waals surface area contributed by atoms with Crippen molar-refractivity contribution in [3.63, 3.8) is 0 Å². The monoisotopic (exact) mass is 299 g/mol. The van der Waals surface area contributed by atoms with E-state index in [0.29, 0.717) is 12.0 Å². The minimum absolute atomic E-state index is 0.214. The van der Waals surface area contributed by atoms with E-state index in [1.165, 1.54) is 0 Å². The van der Waals surface area contributed by atoms with Crippen molar-refractivity contribution in [3.8, 4) is 0 Å². The van der Waals surface area contributed by atoms with Crippen molar-refractivity contribution >= 4 is 11.6 Å². The summed E-state index contributed by atoms with van der Waals surface area (Å²) in [5.74, 6) is 0.603. The number of nitrogens with zero attached hydrogens (tertiary/aromatic N) is 2. The van der Waals surface area contributed by atoms with Gasteiger partial charge in [-0.05, 0) is 24.8 Å². The lowest BCUT2D eigenvalue weighted by Crippen LogP contribution is -2.28. The predicted molar refractivity (Wildman–Crippen MR) is 87.3 cm³/mol. The average molecular weight is 300 g/mol. The third-order valence-corrected chi connectivity index (χ3v) is 4.70. The molecule has 0 aliphatic heterocycles. The molecule has 0 bridgehead atoms. The van der Waals surface area contributed by atoms with Crippen molar-refractivity contribution in [2.75, 3.05) is 6.54 Å². The molecule has 0 fully saturated rings. The molecule has 1 rings (SSSR count). The lowest BCUT2D eigenvalue weighted by molar-refractivity contribution is 0.421. The normalized spacial score (nSPS) is 13.3. The zero-order valence-corrected chi connectivity index (χ0v) is 14.2. The number of halogens is 1. The van der Waals surface area contributed by atoms with Gasteiger partial charge in [0, 0.05) is 24.7 Å². The number of rotatable bonds is 10. The summed E-state index contributed by atoms with van der Waals surface area (Å²) in [6, 6.07) is 2.63. The van der Waals surface area contributed by atoms with Gasteiger partial charge in [0.1, 0.15) is 0 Å². The molecule has 0 aromatic carbocycles. The minimum atomic E-state index is 0.214. The Morgan fingerprint density at radius 2 is 1.80 bits per heavy atom. The number of alkyl halides is 1. The Morgan fingerprint density at radius 3 is 2.35 bits per heavy atom. The van der Waals surface area contributed by atoms with Gasteiger partial charge in [0.05, 0.1) is 11.7 Å². The Hall–Kier alpha value is -0.540. The first-order valence-electron chi connectivity index (χ1n) is 8.04. The van der Waals surface area contributed by atoms with E-state index in [4.69, 9.17) is 11.6 Å². The molecule has 0 saturated carbocycles. The van der Waals surface area contributed by atoms with E-state index in [1.54, 1.807) is 0 Å². The van der Waals surface area contributed by atoms with Crippen LogP contribution in [-0.2, 0) is 6.54 Å². The molecule has 1 atom stereocenters. The van der Waals surface area contributed by atoms with Crippen LogP contribution in [0.15, 0.2) is 12.3 Å². The summed E-state index contributed by atoms with van der Waals surface area (Å²) in [7, 11) is 0. The molecule has 0 amide bonds. The van der Waals surface area contributed by atoms with Crippen LogP contribution < -0.4 is 5.32 Å². The van der Waals surface area contributed by atoms with Crippen molar-refractivity contribution in [1.82, 2.24) is 15.1 Å². The molecule has 4 heteroatoms. The number of nitrogens with one attached hydrogen (secondary N) is 1. The minimum Gasteiger partial charge on any atom is -0.310 e. The molecule has 0 aliphatic rings. The fourth-order valence-electron chi connectivity index (χ4n) is 2.64. The van der Waals surface area contributed by atoms with E-state index in [1.807, 2.05) is 0 Å². The first-order chi connectivity index (χ1) is 9.65. The SMILES string of the molecule is CCC(CC)C(Cl)CNCc1ccn(C(CC)CC)n1. The number of hydrogen-bond acceptors (Lipinski definition) is 2. The summed E-state index contributed by atoms with van der Waals surface area (Å²) in [4.78, 5) is 0. The Morgan fingerprint density at radius 1 is 1.15 bits per heavy atom. The van der Waals surface area contributed by atoms with Gasteiger partial charge >= 0.3 is 0 Å². The van der Waals surface area contributed by atoms with E-state index in [2.05, 4.69) is 55.1 Å². The molecule has 116 valence electrons. The highest BCUT2D eigenvalue weighted by molar-refractivity contribution is 6.21. The molecule has 0 aliphatic carbocycles. The van der Waals surface area contributed by atoms with E-state index in [-0.39, 0.29) is 5.38 Å². The van der Waals surface area contributed by atoms with E-state index >= 15 is 0 Å². The summed E-state index contributed by atoms with van der Waals surface area (Å²) >= 11 is 6.43. The van der Waals surface area contributed by atoms with Crippen LogP contribution in [0.5, 0.6) is 0 Å². The number of hydrogen-bond donors (Lipinski definition) is 1. The van der Waals surface area contributed by atoms with Gasteiger partial charge in [-0.25, -0.2) is 0 Å². The molecule has 0 spiro atoms. The molecule has 1 heterocycles. The predicted octanol–water partition coefficient (Wildman–Crippen LogP) is 4.38. The molecule has 1 aromatic rings. The van der Waals surface area contributed by atoms with Crippen LogP contribution in [0.3, 0.4) is 0 Å². The first-order valence-corrected chi connectivity index (χ1v) is 8.48.